The highest BCUT2D eigenvalue weighted by Gasteiger charge is 2.47. The summed E-state index contributed by atoms with van der Waals surface area (Å²) >= 11 is 0. The van der Waals surface area contributed by atoms with Crippen molar-refractivity contribution in [1.29, 1.82) is 0 Å². The summed E-state index contributed by atoms with van der Waals surface area (Å²) < 4.78 is 23.1. The molecule has 3 aromatic rings. The van der Waals surface area contributed by atoms with Crippen LogP contribution in [-0.4, -0.2) is 88.0 Å². The van der Waals surface area contributed by atoms with E-state index in [1.807, 2.05) is 12.1 Å². The molecular weight excluding hydrogens is 594 g/mol. The van der Waals surface area contributed by atoms with Gasteiger partial charge in [0.05, 0.1) is 31.2 Å². The fourth-order valence-electron chi connectivity index (χ4n) is 7.20. The summed E-state index contributed by atoms with van der Waals surface area (Å²) in [5.74, 6) is 2.35. The van der Waals surface area contributed by atoms with E-state index in [0.717, 1.165) is 36.8 Å². The van der Waals surface area contributed by atoms with E-state index in [4.69, 9.17) is 18.9 Å². The van der Waals surface area contributed by atoms with Crippen LogP contribution in [0.1, 0.15) is 69.0 Å². The van der Waals surface area contributed by atoms with Gasteiger partial charge in [0.25, 0.3) is 5.91 Å². The highest BCUT2D eigenvalue weighted by Crippen LogP contribution is 2.46. The van der Waals surface area contributed by atoms with Crippen LogP contribution in [0.2, 0.25) is 0 Å². The van der Waals surface area contributed by atoms with Crippen molar-refractivity contribution in [1.82, 2.24) is 4.90 Å². The third-order valence-corrected chi connectivity index (χ3v) is 9.57. The number of ether oxygens (including phenoxy) is 4. The number of fused-ring (bicyclic) bond motifs is 4. The molecule has 3 heterocycles. The van der Waals surface area contributed by atoms with E-state index in [-0.39, 0.29) is 53.8 Å². The molecule has 6 bridgehead atoms. The Labute approximate surface area is 265 Å². The first kappa shape index (κ1) is 30.3. The van der Waals surface area contributed by atoms with Gasteiger partial charge in [-0.25, -0.2) is 0 Å². The number of hydrogen-bond acceptors (Lipinski definition) is 10. The number of phenolic OH excluding ortho intramolecular Hbond substituents is 1. The Kier molecular flexibility index (Phi) is 7.98. The number of Topliss-reactive ketones (excluding diaryl/α,β-unsaturated/α-hetero) is 1. The molecule has 3 aromatic carbocycles. The average Bonchev–Trinajstić information content (AvgIpc) is 3.70. The topological polar surface area (TPSA) is 155 Å². The van der Waals surface area contributed by atoms with Gasteiger partial charge in [0.1, 0.15) is 35.6 Å². The lowest BCUT2D eigenvalue weighted by atomic mass is 9.87. The molecule has 11 heteroatoms. The quantitative estimate of drug-likeness (QED) is 0.318. The van der Waals surface area contributed by atoms with Gasteiger partial charge < -0.3 is 44.3 Å². The van der Waals surface area contributed by atoms with Crippen LogP contribution in [0.15, 0.2) is 36.4 Å². The highest BCUT2D eigenvalue weighted by molar-refractivity contribution is 6.11. The zero-order valence-electron chi connectivity index (χ0n) is 25.3. The summed E-state index contributed by atoms with van der Waals surface area (Å²) in [6.07, 6.45) is -0.538. The number of aliphatic hydroxyl groups is 3. The Balaban J connectivity index is 1.42. The van der Waals surface area contributed by atoms with Gasteiger partial charge in [-0.05, 0) is 59.0 Å². The zero-order chi connectivity index (χ0) is 32.1. The molecule has 4 aliphatic rings. The summed E-state index contributed by atoms with van der Waals surface area (Å²) in [5, 5.41) is 44.8. The number of methoxy groups -OCH3 is 1. The molecule has 0 radical (unpaired) electrons. The van der Waals surface area contributed by atoms with Crippen molar-refractivity contribution in [3.8, 4) is 29.3 Å². The Morgan fingerprint density at radius 3 is 2.63 bits per heavy atom. The molecule has 1 amide bonds. The molecule has 2 fully saturated rings. The predicted octanol–water partition coefficient (Wildman–Crippen LogP) is 2.77. The lowest BCUT2D eigenvalue weighted by Gasteiger charge is -2.40. The number of aliphatic hydroxyl groups excluding tert-OH is 3. The Bertz CT molecular complexity index is 1770. The molecule has 1 saturated heterocycles. The van der Waals surface area contributed by atoms with Crippen LogP contribution >= 0.6 is 0 Å². The maximum atomic E-state index is 14.2. The van der Waals surface area contributed by atoms with E-state index in [1.165, 1.54) is 18.1 Å². The molecule has 0 unspecified atom stereocenters. The van der Waals surface area contributed by atoms with Crippen molar-refractivity contribution in [2.75, 3.05) is 20.3 Å². The minimum atomic E-state index is -1.57. The molecule has 0 spiro atoms. The standard InChI is InChI=1S/C35H35NO10/c1-43-21-12-20-13-23(18-6-2-3-7-18)29-25(38)16-36-15-24-19(8-4-10-22(24)34(36)42)9-5-11-44-33-30(39)27(17-37)46-35(32(33)41)45-26(14-21)28(20)31(29)40/h4,8,10,12-14,18,27,30,32-33,35,37,39-41H,2-3,6-7,9,15-17H2,1H3/t27-,30-,32-,33+,35-/m1/s1. The van der Waals surface area contributed by atoms with Gasteiger partial charge in [0.15, 0.2) is 18.0 Å². The summed E-state index contributed by atoms with van der Waals surface area (Å²) in [5.41, 5.74) is 2.84. The van der Waals surface area contributed by atoms with Crippen molar-refractivity contribution in [3.63, 3.8) is 0 Å². The number of rotatable bonds is 3. The van der Waals surface area contributed by atoms with E-state index < -0.39 is 43.1 Å². The number of benzene rings is 3. The van der Waals surface area contributed by atoms with Crippen LogP contribution in [0.5, 0.6) is 17.2 Å². The van der Waals surface area contributed by atoms with Gasteiger partial charge in [-0.15, -0.1) is 0 Å². The van der Waals surface area contributed by atoms with Gasteiger partial charge in [-0.3, -0.25) is 9.59 Å². The van der Waals surface area contributed by atoms with E-state index in [0.29, 0.717) is 22.3 Å². The molecule has 11 nitrogen and oxygen atoms in total. The third kappa shape index (κ3) is 5.11. The third-order valence-electron chi connectivity index (χ3n) is 9.57. The fraction of sp³-hybridized carbons (Fsp3) is 0.429. The lowest BCUT2D eigenvalue weighted by molar-refractivity contribution is -0.276. The second kappa shape index (κ2) is 12.1. The van der Waals surface area contributed by atoms with Gasteiger partial charge in [0, 0.05) is 24.6 Å². The maximum absolute atomic E-state index is 14.2. The number of phenols is 1. The van der Waals surface area contributed by atoms with Crippen molar-refractivity contribution in [2.45, 2.75) is 75.3 Å². The zero-order valence-corrected chi connectivity index (χ0v) is 25.3. The van der Waals surface area contributed by atoms with Gasteiger partial charge >= 0.3 is 0 Å². The number of amides is 1. The predicted molar refractivity (Wildman–Crippen MR) is 164 cm³/mol. The lowest BCUT2D eigenvalue weighted by Crippen LogP contribution is -2.60. The molecule has 240 valence electrons. The van der Waals surface area contributed by atoms with Crippen LogP contribution in [-0.2, 0) is 22.4 Å². The smallest absolute Gasteiger partial charge is 0.254 e. The van der Waals surface area contributed by atoms with E-state index >= 15 is 0 Å². The monoisotopic (exact) mass is 629 g/mol. The van der Waals surface area contributed by atoms with Crippen molar-refractivity contribution >= 4 is 22.5 Å². The first-order valence-electron chi connectivity index (χ1n) is 15.5. The molecule has 7 rings (SSSR count). The van der Waals surface area contributed by atoms with Crippen molar-refractivity contribution < 1.29 is 49.0 Å². The minimum Gasteiger partial charge on any atom is -0.506 e. The average molecular weight is 630 g/mol. The number of ketones is 1. The minimum absolute atomic E-state index is 0.0348. The maximum Gasteiger partial charge on any atom is 0.254 e. The normalized spacial score (nSPS) is 26.3. The summed E-state index contributed by atoms with van der Waals surface area (Å²) in [7, 11) is 1.48. The summed E-state index contributed by atoms with van der Waals surface area (Å²) in [6, 6.07) is 10.4. The second-order valence-corrected chi connectivity index (χ2v) is 12.3. The Morgan fingerprint density at radius 2 is 1.87 bits per heavy atom. The molecule has 4 N–H and O–H groups in total. The number of carbonyl (C=O) groups is 2. The molecule has 1 aliphatic carbocycles. The van der Waals surface area contributed by atoms with Crippen LogP contribution in [0.4, 0.5) is 0 Å². The van der Waals surface area contributed by atoms with Gasteiger partial charge in [-0.2, -0.15) is 0 Å². The molecule has 3 aliphatic heterocycles. The number of nitrogens with zero attached hydrogens (tertiary/aromatic N) is 1. The van der Waals surface area contributed by atoms with Crippen molar-refractivity contribution in [2.24, 2.45) is 0 Å². The van der Waals surface area contributed by atoms with Crippen LogP contribution in [0, 0.1) is 12.0 Å². The fourth-order valence-corrected chi connectivity index (χ4v) is 7.20. The Morgan fingerprint density at radius 1 is 1.07 bits per heavy atom. The van der Waals surface area contributed by atoms with Gasteiger partial charge in [0.2, 0.25) is 6.29 Å². The van der Waals surface area contributed by atoms with Crippen LogP contribution < -0.4 is 9.47 Å². The SMILES string of the molecule is COc1cc2c3c(O)c(c(C4CCCC4)cc3c1)C(=O)CN1Cc3c(cccc3C1=O)CC#CO[C@@H]1[C@@H](O)[C@H](O2)O[C@H](CO)[C@H]1O. The molecular formula is C35H35NO10. The number of aromatic hydroxyl groups is 1. The van der Waals surface area contributed by atoms with Crippen molar-refractivity contribution in [3.05, 3.63) is 64.2 Å². The van der Waals surface area contributed by atoms with E-state index in [2.05, 4.69) is 12.0 Å². The summed E-state index contributed by atoms with van der Waals surface area (Å²) in [6.45, 7) is -0.640. The van der Waals surface area contributed by atoms with E-state index in [9.17, 15) is 30.0 Å². The molecule has 1 saturated carbocycles. The molecule has 5 atom stereocenters. The van der Waals surface area contributed by atoms with E-state index in [1.54, 1.807) is 18.2 Å². The molecule has 46 heavy (non-hydrogen) atoms. The first-order valence-corrected chi connectivity index (χ1v) is 15.5. The summed E-state index contributed by atoms with van der Waals surface area (Å²) in [4.78, 5) is 29.2. The highest BCUT2D eigenvalue weighted by atomic mass is 16.7. The second-order valence-electron chi connectivity index (χ2n) is 12.3. The van der Waals surface area contributed by atoms with Crippen LogP contribution in [0.3, 0.4) is 0 Å². The van der Waals surface area contributed by atoms with Crippen LogP contribution in [0.25, 0.3) is 10.8 Å². The molecule has 0 aromatic heterocycles. The number of hydrogen-bond donors (Lipinski definition) is 4. The largest absolute Gasteiger partial charge is 0.506 e. The number of carbonyl (C=O) groups excluding carboxylic acids is 2. The Hall–Kier alpha value is -4.34. The first-order chi connectivity index (χ1) is 22.3. The van der Waals surface area contributed by atoms with Gasteiger partial charge in [-0.1, -0.05) is 30.9 Å².